The van der Waals surface area contributed by atoms with E-state index in [4.69, 9.17) is 14.0 Å². The van der Waals surface area contributed by atoms with Gasteiger partial charge >= 0.3 is 13.2 Å². The van der Waals surface area contributed by atoms with Gasteiger partial charge in [-0.25, -0.2) is 9.78 Å². The maximum atomic E-state index is 12.8. The van der Waals surface area contributed by atoms with Gasteiger partial charge < -0.3 is 34.4 Å². The molecular formula is C24H35BN4O6. The second-order valence-corrected chi connectivity index (χ2v) is 9.68. The number of benzene rings is 1. The summed E-state index contributed by atoms with van der Waals surface area (Å²) >= 11 is 0. The highest BCUT2D eigenvalue weighted by atomic mass is 16.7. The van der Waals surface area contributed by atoms with E-state index in [1.165, 1.54) is 14.2 Å². The number of imidazole rings is 1. The van der Waals surface area contributed by atoms with Gasteiger partial charge in [-0.15, -0.1) is 0 Å². The standard InChI is InChI=1S/C24H35BN4O6/c1-14(27-21(30)19(15(2)32-7)29-22(31)33-8)20-26-13-18(28-20)16-9-11-17(12-10-16)25-34-23(3,4)24(5,6)35-25/h9-15,19H,1-8H3,(H,26,28)(H,27,30)(H,29,31)/t14-,15+,19-/m0/s1. The van der Waals surface area contributed by atoms with Crippen molar-refractivity contribution < 1.29 is 28.4 Å². The van der Waals surface area contributed by atoms with Gasteiger partial charge in [-0.1, -0.05) is 24.3 Å². The lowest BCUT2D eigenvalue weighted by Crippen LogP contribution is -2.53. The number of rotatable bonds is 8. The Bertz CT molecular complexity index is 1020. The fraction of sp³-hybridized carbons (Fsp3) is 0.542. The molecule has 3 rings (SSSR count). The van der Waals surface area contributed by atoms with Gasteiger partial charge in [0.2, 0.25) is 5.91 Å². The number of amides is 2. The van der Waals surface area contributed by atoms with Crippen LogP contribution in [0.2, 0.25) is 0 Å². The van der Waals surface area contributed by atoms with Crippen molar-refractivity contribution in [2.75, 3.05) is 14.2 Å². The molecule has 1 saturated heterocycles. The molecule has 190 valence electrons. The van der Waals surface area contributed by atoms with Crippen LogP contribution in [0.3, 0.4) is 0 Å². The van der Waals surface area contributed by atoms with Crippen LogP contribution in [0.5, 0.6) is 0 Å². The second-order valence-electron chi connectivity index (χ2n) is 9.68. The Morgan fingerprint density at radius 3 is 2.17 bits per heavy atom. The fourth-order valence-corrected chi connectivity index (χ4v) is 3.59. The molecule has 0 saturated carbocycles. The third-order valence-corrected chi connectivity index (χ3v) is 6.69. The number of hydrogen-bond donors (Lipinski definition) is 3. The molecule has 2 amide bonds. The Hall–Kier alpha value is -2.89. The fourth-order valence-electron chi connectivity index (χ4n) is 3.59. The first-order chi connectivity index (χ1) is 16.4. The number of hydrogen-bond acceptors (Lipinski definition) is 7. The average molecular weight is 486 g/mol. The van der Waals surface area contributed by atoms with Crippen molar-refractivity contribution in [2.45, 2.75) is 70.9 Å². The zero-order chi connectivity index (χ0) is 26.0. The Balaban J connectivity index is 1.67. The van der Waals surface area contributed by atoms with E-state index in [1.807, 2.05) is 52.0 Å². The minimum Gasteiger partial charge on any atom is -0.453 e. The lowest BCUT2D eigenvalue weighted by molar-refractivity contribution is -0.126. The number of alkyl carbamates (subject to hydrolysis) is 1. The van der Waals surface area contributed by atoms with E-state index in [2.05, 4.69) is 25.3 Å². The molecule has 0 radical (unpaired) electrons. The number of aromatic amines is 1. The number of nitrogens with one attached hydrogen (secondary N) is 3. The van der Waals surface area contributed by atoms with E-state index >= 15 is 0 Å². The Morgan fingerprint density at radius 1 is 1.03 bits per heavy atom. The first kappa shape index (κ1) is 26.7. The number of aromatic nitrogens is 2. The van der Waals surface area contributed by atoms with Gasteiger partial charge in [0.15, 0.2) is 0 Å². The number of ether oxygens (including phenoxy) is 2. The molecule has 3 N–H and O–H groups in total. The van der Waals surface area contributed by atoms with Crippen molar-refractivity contribution in [1.29, 1.82) is 0 Å². The molecule has 0 spiro atoms. The first-order valence-corrected chi connectivity index (χ1v) is 11.6. The Kier molecular flexibility index (Phi) is 7.93. The number of methoxy groups -OCH3 is 2. The van der Waals surface area contributed by atoms with Crippen LogP contribution in [-0.2, 0) is 23.6 Å². The summed E-state index contributed by atoms with van der Waals surface area (Å²) in [5.41, 5.74) is 1.87. The number of carbonyl (C=O) groups is 2. The summed E-state index contributed by atoms with van der Waals surface area (Å²) in [6, 6.07) is 6.52. The number of carbonyl (C=O) groups excluding carboxylic acids is 2. The van der Waals surface area contributed by atoms with Crippen molar-refractivity contribution in [3.63, 3.8) is 0 Å². The summed E-state index contributed by atoms with van der Waals surface area (Å²) in [6.07, 6.45) is 0.436. The van der Waals surface area contributed by atoms with Crippen LogP contribution in [0, 0.1) is 0 Å². The molecule has 11 heteroatoms. The van der Waals surface area contributed by atoms with Crippen molar-refractivity contribution in [3.8, 4) is 11.3 Å². The van der Waals surface area contributed by atoms with E-state index in [-0.39, 0.29) is 0 Å². The summed E-state index contributed by atoms with van der Waals surface area (Å²) in [4.78, 5) is 32.1. The highest BCUT2D eigenvalue weighted by Crippen LogP contribution is 2.36. The highest BCUT2D eigenvalue weighted by Gasteiger charge is 2.51. The maximum Gasteiger partial charge on any atom is 0.494 e. The van der Waals surface area contributed by atoms with Gasteiger partial charge in [0, 0.05) is 7.11 Å². The van der Waals surface area contributed by atoms with Crippen LogP contribution < -0.4 is 16.1 Å². The lowest BCUT2D eigenvalue weighted by atomic mass is 9.79. The van der Waals surface area contributed by atoms with Crippen LogP contribution in [0.4, 0.5) is 4.79 Å². The molecule has 0 aliphatic carbocycles. The van der Waals surface area contributed by atoms with Crippen molar-refractivity contribution >= 4 is 24.6 Å². The molecule has 1 aliphatic rings. The largest absolute Gasteiger partial charge is 0.494 e. The summed E-state index contributed by atoms with van der Waals surface area (Å²) < 4.78 is 22.1. The average Bonchev–Trinajstić information content (AvgIpc) is 3.39. The molecule has 1 aliphatic heterocycles. The van der Waals surface area contributed by atoms with E-state index in [1.54, 1.807) is 20.0 Å². The van der Waals surface area contributed by atoms with Crippen LogP contribution in [0.1, 0.15) is 53.4 Å². The van der Waals surface area contributed by atoms with Crippen LogP contribution in [0.15, 0.2) is 30.5 Å². The normalized spacial score (nSPS) is 19.0. The molecule has 0 unspecified atom stereocenters. The minimum atomic E-state index is -0.924. The molecule has 0 bridgehead atoms. The summed E-state index contributed by atoms with van der Waals surface area (Å²) in [5, 5.41) is 5.35. The quantitative estimate of drug-likeness (QED) is 0.490. The SMILES string of the molecule is COC(=O)N[C@H](C(=O)N[C@@H](C)c1ncc(-c2ccc(B3OC(C)(C)C(C)(C)O3)cc2)[nH]1)[C@@H](C)OC. The van der Waals surface area contributed by atoms with E-state index in [0.717, 1.165) is 16.7 Å². The van der Waals surface area contributed by atoms with Gasteiger partial charge in [0.05, 0.1) is 42.3 Å². The predicted octanol–water partition coefficient (Wildman–Crippen LogP) is 2.31. The van der Waals surface area contributed by atoms with E-state index < -0.39 is 48.5 Å². The van der Waals surface area contributed by atoms with Crippen LogP contribution >= 0.6 is 0 Å². The van der Waals surface area contributed by atoms with Gasteiger partial charge in [-0.05, 0) is 52.6 Å². The number of nitrogens with zero attached hydrogens (tertiary/aromatic N) is 1. The van der Waals surface area contributed by atoms with E-state index in [0.29, 0.717) is 5.82 Å². The molecule has 1 aromatic carbocycles. The highest BCUT2D eigenvalue weighted by molar-refractivity contribution is 6.62. The molecule has 1 fully saturated rings. The van der Waals surface area contributed by atoms with Crippen LogP contribution in [0.25, 0.3) is 11.3 Å². The third kappa shape index (κ3) is 5.86. The minimum absolute atomic E-state index is 0.401. The molecule has 35 heavy (non-hydrogen) atoms. The van der Waals surface area contributed by atoms with Crippen LogP contribution in [-0.4, -0.2) is 66.7 Å². The van der Waals surface area contributed by atoms with E-state index in [9.17, 15) is 9.59 Å². The van der Waals surface area contributed by atoms with Crippen molar-refractivity contribution in [1.82, 2.24) is 20.6 Å². The molecule has 1 aromatic heterocycles. The summed E-state index contributed by atoms with van der Waals surface area (Å²) in [7, 11) is 2.27. The lowest BCUT2D eigenvalue weighted by Gasteiger charge is -2.32. The van der Waals surface area contributed by atoms with Crippen molar-refractivity contribution in [3.05, 3.63) is 36.3 Å². The van der Waals surface area contributed by atoms with Gasteiger partial charge in [0.1, 0.15) is 11.9 Å². The van der Waals surface area contributed by atoms with Gasteiger partial charge in [0.25, 0.3) is 0 Å². The predicted molar refractivity (Wildman–Crippen MR) is 132 cm³/mol. The van der Waals surface area contributed by atoms with Gasteiger partial charge in [-0.2, -0.15) is 0 Å². The molecular weight excluding hydrogens is 451 g/mol. The maximum absolute atomic E-state index is 12.8. The second kappa shape index (κ2) is 10.4. The summed E-state index contributed by atoms with van der Waals surface area (Å²) in [5.74, 6) is 0.159. The smallest absolute Gasteiger partial charge is 0.453 e. The van der Waals surface area contributed by atoms with Gasteiger partial charge in [-0.3, -0.25) is 4.79 Å². The number of H-pyrrole nitrogens is 1. The Labute approximate surface area is 206 Å². The molecule has 10 nitrogen and oxygen atoms in total. The zero-order valence-electron chi connectivity index (χ0n) is 21.6. The zero-order valence-corrected chi connectivity index (χ0v) is 21.6. The molecule has 2 aromatic rings. The molecule has 2 heterocycles. The first-order valence-electron chi connectivity index (χ1n) is 11.6. The monoisotopic (exact) mass is 486 g/mol. The third-order valence-electron chi connectivity index (χ3n) is 6.69. The molecule has 3 atom stereocenters. The van der Waals surface area contributed by atoms with Crippen molar-refractivity contribution in [2.24, 2.45) is 0 Å². The Morgan fingerprint density at radius 2 is 1.63 bits per heavy atom. The topological polar surface area (TPSA) is 124 Å². The summed E-state index contributed by atoms with van der Waals surface area (Å²) in [6.45, 7) is 11.6.